The number of pyridine rings is 1. The van der Waals surface area contributed by atoms with Crippen LogP contribution < -0.4 is 0 Å². The molecule has 0 aromatic carbocycles. The summed E-state index contributed by atoms with van der Waals surface area (Å²) < 4.78 is 0. The Bertz CT molecular complexity index is 471. The van der Waals surface area contributed by atoms with Gasteiger partial charge in [0.15, 0.2) is 5.16 Å². The van der Waals surface area contributed by atoms with E-state index < -0.39 is 5.97 Å². The van der Waals surface area contributed by atoms with Gasteiger partial charge in [0.25, 0.3) is 0 Å². The molecule has 2 aromatic rings. The summed E-state index contributed by atoms with van der Waals surface area (Å²) in [5.74, 6) is -1.01. The number of hydrogen-bond donors (Lipinski definition) is 2. The summed E-state index contributed by atoms with van der Waals surface area (Å²) in [6.07, 6.45) is 2.89. The van der Waals surface area contributed by atoms with Crippen molar-refractivity contribution in [3.63, 3.8) is 0 Å². The normalized spacial score (nSPS) is 10.1. The van der Waals surface area contributed by atoms with Crippen LogP contribution in [-0.4, -0.2) is 31.2 Å². The maximum atomic E-state index is 10.9. The molecule has 76 valence electrons. The van der Waals surface area contributed by atoms with Crippen LogP contribution >= 0.6 is 11.8 Å². The van der Waals surface area contributed by atoms with Crippen LogP contribution in [0.1, 0.15) is 10.4 Å². The molecule has 0 saturated carbocycles. The van der Waals surface area contributed by atoms with Crippen LogP contribution in [0.2, 0.25) is 0 Å². The van der Waals surface area contributed by atoms with Crippen LogP contribution in [0.15, 0.2) is 34.8 Å². The minimum atomic E-state index is -1.01. The maximum absolute atomic E-state index is 10.9. The molecule has 0 aliphatic heterocycles. The summed E-state index contributed by atoms with van der Waals surface area (Å²) in [5.41, 5.74) is 0.152. The molecule has 0 atom stereocenters. The summed E-state index contributed by atoms with van der Waals surface area (Å²) >= 11 is 1.13. The van der Waals surface area contributed by atoms with E-state index in [0.717, 1.165) is 11.8 Å². The third kappa shape index (κ3) is 2.13. The average molecular weight is 222 g/mol. The number of aromatic nitrogens is 4. The molecular weight excluding hydrogens is 216 g/mol. The fourth-order valence-electron chi connectivity index (χ4n) is 0.970. The van der Waals surface area contributed by atoms with Gasteiger partial charge in [-0.05, 0) is 23.9 Å². The lowest BCUT2D eigenvalue weighted by Crippen LogP contribution is -2.00. The van der Waals surface area contributed by atoms with E-state index in [1.165, 1.54) is 18.6 Å². The zero-order valence-electron chi connectivity index (χ0n) is 7.41. The Kier molecular flexibility index (Phi) is 2.64. The molecular formula is C8H6N4O2S. The number of carboxylic acids is 1. The largest absolute Gasteiger partial charge is 0.478 e. The summed E-state index contributed by atoms with van der Waals surface area (Å²) in [6, 6.07) is 3.07. The van der Waals surface area contributed by atoms with Gasteiger partial charge >= 0.3 is 5.97 Å². The molecule has 0 fully saturated rings. The molecule has 2 heterocycles. The van der Waals surface area contributed by atoms with E-state index in [-0.39, 0.29) is 5.56 Å². The fourth-order valence-corrected chi connectivity index (χ4v) is 1.73. The summed E-state index contributed by atoms with van der Waals surface area (Å²) in [7, 11) is 0. The van der Waals surface area contributed by atoms with Crippen molar-refractivity contribution in [1.29, 1.82) is 0 Å². The van der Waals surface area contributed by atoms with Gasteiger partial charge in [0.2, 0.25) is 0 Å². The van der Waals surface area contributed by atoms with Gasteiger partial charge in [-0.2, -0.15) is 5.10 Å². The molecule has 0 saturated heterocycles. The topological polar surface area (TPSA) is 91.8 Å². The quantitative estimate of drug-likeness (QED) is 0.806. The lowest BCUT2D eigenvalue weighted by molar-refractivity contribution is 0.0692. The van der Waals surface area contributed by atoms with Gasteiger partial charge in [-0.25, -0.2) is 14.8 Å². The molecule has 15 heavy (non-hydrogen) atoms. The van der Waals surface area contributed by atoms with Crippen LogP contribution in [0.4, 0.5) is 0 Å². The Morgan fingerprint density at radius 3 is 3.00 bits per heavy atom. The molecule has 0 bridgehead atoms. The third-order valence-corrected chi connectivity index (χ3v) is 2.50. The molecule has 2 rings (SSSR count). The standard InChI is InChI=1S/C8H6N4O2S/c13-7(14)5-2-1-3-9-6(5)15-8-10-4-11-12-8/h1-4H,(H,13,14)(H,10,11,12). The van der Waals surface area contributed by atoms with E-state index >= 15 is 0 Å². The smallest absolute Gasteiger partial charge is 0.338 e. The molecule has 0 aliphatic rings. The molecule has 7 heteroatoms. The van der Waals surface area contributed by atoms with E-state index in [1.54, 1.807) is 6.07 Å². The van der Waals surface area contributed by atoms with E-state index in [9.17, 15) is 4.79 Å². The van der Waals surface area contributed by atoms with Crippen LogP contribution in [0.5, 0.6) is 0 Å². The number of aromatic amines is 1. The van der Waals surface area contributed by atoms with Crippen LogP contribution in [0.3, 0.4) is 0 Å². The number of aromatic carboxylic acids is 1. The summed E-state index contributed by atoms with van der Waals surface area (Å²) in [5, 5.41) is 16.1. The van der Waals surface area contributed by atoms with Crippen molar-refractivity contribution in [3.05, 3.63) is 30.2 Å². The van der Waals surface area contributed by atoms with Gasteiger partial charge in [0, 0.05) is 6.20 Å². The second-order valence-corrected chi connectivity index (χ2v) is 3.53. The minimum absolute atomic E-state index is 0.152. The van der Waals surface area contributed by atoms with Crippen molar-refractivity contribution < 1.29 is 9.90 Å². The first-order valence-corrected chi connectivity index (χ1v) is 4.80. The number of carboxylic acid groups (broad SMARTS) is 1. The molecule has 6 nitrogen and oxygen atoms in total. The lowest BCUT2D eigenvalue weighted by Gasteiger charge is -2.00. The van der Waals surface area contributed by atoms with Crippen molar-refractivity contribution in [2.24, 2.45) is 0 Å². The van der Waals surface area contributed by atoms with Crippen molar-refractivity contribution in [1.82, 2.24) is 20.2 Å². The zero-order chi connectivity index (χ0) is 10.7. The first-order chi connectivity index (χ1) is 7.27. The number of carbonyl (C=O) groups is 1. The van der Waals surface area contributed by atoms with E-state index in [1.807, 2.05) is 0 Å². The highest BCUT2D eigenvalue weighted by Gasteiger charge is 2.12. The molecule has 0 amide bonds. The predicted octanol–water partition coefficient (Wildman–Crippen LogP) is 1.05. The van der Waals surface area contributed by atoms with E-state index in [4.69, 9.17) is 5.11 Å². The number of nitrogens with zero attached hydrogens (tertiary/aromatic N) is 3. The molecule has 0 aliphatic carbocycles. The highest BCUT2D eigenvalue weighted by molar-refractivity contribution is 7.99. The van der Waals surface area contributed by atoms with Gasteiger partial charge in [-0.1, -0.05) is 0 Å². The number of nitrogens with one attached hydrogen (secondary N) is 1. The lowest BCUT2D eigenvalue weighted by atomic mass is 10.3. The van der Waals surface area contributed by atoms with Crippen molar-refractivity contribution >= 4 is 17.7 Å². The zero-order valence-corrected chi connectivity index (χ0v) is 8.23. The summed E-state index contributed by atoms with van der Waals surface area (Å²) in [6.45, 7) is 0. The minimum Gasteiger partial charge on any atom is -0.478 e. The van der Waals surface area contributed by atoms with Crippen molar-refractivity contribution in [2.45, 2.75) is 10.2 Å². The fraction of sp³-hybridized carbons (Fsp3) is 0. The molecule has 2 N–H and O–H groups in total. The monoisotopic (exact) mass is 222 g/mol. The molecule has 0 unspecified atom stereocenters. The highest BCUT2D eigenvalue weighted by atomic mass is 32.2. The molecule has 0 radical (unpaired) electrons. The first kappa shape index (κ1) is 9.66. The Morgan fingerprint density at radius 1 is 1.47 bits per heavy atom. The van der Waals surface area contributed by atoms with Crippen LogP contribution in [-0.2, 0) is 0 Å². The SMILES string of the molecule is O=C(O)c1cccnc1Sc1ncn[nH]1. The molecule has 2 aromatic heterocycles. The van der Waals surface area contributed by atoms with Crippen LogP contribution in [0, 0.1) is 0 Å². The predicted molar refractivity (Wildman–Crippen MR) is 51.7 cm³/mol. The Hall–Kier alpha value is -1.89. The number of hydrogen-bond acceptors (Lipinski definition) is 5. The van der Waals surface area contributed by atoms with Gasteiger partial charge in [-0.15, -0.1) is 0 Å². The van der Waals surface area contributed by atoms with Gasteiger partial charge in [-0.3, -0.25) is 5.10 Å². The van der Waals surface area contributed by atoms with E-state index in [2.05, 4.69) is 20.2 Å². The second kappa shape index (κ2) is 4.09. The Morgan fingerprint density at radius 2 is 2.33 bits per heavy atom. The van der Waals surface area contributed by atoms with Crippen molar-refractivity contribution in [3.8, 4) is 0 Å². The number of rotatable bonds is 3. The Labute approximate surface area is 88.8 Å². The molecule has 0 spiro atoms. The highest BCUT2D eigenvalue weighted by Crippen LogP contribution is 2.24. The third-order valence-electron chi connectivity index (χ3n) is 1.59. The Balaban J connectivity index is 2.32. The second-order valence-electron chi connectivity index (χ2n) is 2.55. The van der Waals surface area contributed by atoms with Gasteiger partial charge < -0.3 is 5.11 Å². The van der Waals surface area contributed by atoms with Crippen molar-refractivity contribution in [2.75, 3.05) is 0 Å². The first-order valence-electron chi connectivity index (χ1n) is 3.99. The average Bonchev–Trinajstić information content (AvgIpc) is 2.71. The van der Waals surface area contributed by atoms with Crippen LogP contribution in [0.25, 0.3) is 0 Å². The maximum Gasteiger partial charge on any atom is 0.338 e. The number of H-pyrrole nitrogens is 1. The summed E-state index contributed by atoms with van der Waals surface area (Å²) in [4.78, 5) is 18.7. The van der Waals surface area contributed by atoms with E-state index in [0.29, 0.717) is 10.2 Å². The van der Waals surface area contributed by atoms with Gasteiger partial charge in [0.1, 0.15) is 11.4 Å². The van der Waals surface area contributed by atoms with Gasteiger partial charge in [0.05, 0.1) is 5.56 Å².